The van der Waals surface area contributed by atoms with E-state index in [4.69, 9.17) is 17.3 Å². The van der Waals surface area contributed by atoms with Crippen molar-refractivity contribution in [2.75, 3.05) is 20.6 Å². The van der Waals surface area contributed by atoms with E-state index in [1.165, 1.54) is 4.90 Å². The number of benzene rings is 1. The number of thiocarbonyl (C=S) groups is 1. The van der Waals surface area contributed by atoms with E-state index < -0.39 is 12.5 Å². The molecule has 6 nitrogen and oxygen atoms in total. The fourth-order valence-corrected chi connectivity index (χ4v) is 3.14. The maximum Gasteiger partial charge on any atom is 0.323 e. The van der Waals surface area contributed by atoms with Gasteiger partial charge in [0.2, 0.25) is 6.41 Å². The van der Waals surface area contributed by atoms with Gasteiger partial charge in [-0.1, -0.05) is 60.4 Å². The lowest BCUT2D eigenvalue weighted by Crippen LogP contribution is -2.33. The number of thioether (sulfide) groups is 1. The molecule has 26 heavy (non-hydrogen) atoms. The van der Waals surface area contributed by atoms with Crippen LogP contribution in [-0.4, -0.2) is 58.2 Å². The van der Waals surface area contributed by atoms with Gasteiger partial charge in [-0.05, 0) is 24.1 Å². The first kappa shape index (κ1) is 21.6. The minimum absolute atomic E-state index is 0.279. The Hall–Kier alpha value is -2.45. The summed E-state index contributed by atoms with van der Waals surface area (Å²) in [5.41, 5.74) is 1.93. The third-order valence-electron chi connectivity index (χ3n) is 2.93. The number of carbonyl (C=O) groups is 3. The Kier molecular flexibility index (Phi) is 8.74. The molecule has 0 radical (unpaired) electrons. The highest BCUT2D eigenvalue weighted by molar-refractivity contribution is 8.26. The van der Waals surface area contributed by atoms with Crippen LogP contribution in [0.4, 0.5) is 0 Å². The lowest BCUT2D eigenvalue weighted by molar-refractivity contribution is -0.140. The second kappa shape index (κ2) is 10.5. The SMILES string of the molecule is CC(/C=C1\SC(=S)N(CC(=O)O)C1=O)=C\c1ccccc1.CN(C)C=O. The van der Waals surface area contributed by atoms with Crippen molar-refractivity contribution in [1.82, 2.24) is 9.80 Å². The fraction of sp³-hybridized carbons (Fsp3) is 0.222. The van der Waals surface area contributed by atoms with Gasteiger partial charge >= 0.3 is 5.97 Å². The van der Waals surface area contributed by atoms with Crippen LogP contribution in [0.25, 0.3) is 6.08 Å². The minimum atomic E-state index is -1.08. The van der Waals surface area contributed by atoms with Crippen LogP contribution in [0.3, 0.4) is 0 Å². The summed E-state index contributed by atoms with van der Waals surface area (Å²) in [6, 6.07) is 9.74. The number of hydrogen-bond acceptors (Lipinski definition) is 5. The van der Waals surface area contributed by atoms with Gasteiger partial charge in [0.05, 0.1) is 4.91 Å². The highest BCUT2D eigenvalue weighted by Gasteiger charge is 2.33. The summed E-state index contributed by atoms with van der Waals surface area (Å²) in [5, 5.41) is 8.78. The number of carboxylic acids is 1. The van der Waals surface area contributed by atoms with Crippen molar-refractivity contribution in [3.8, 4) is 0 Å². The van der Waals surface area contributed by atoms with Gasteiger partial charge in [0, 0.05) is 14.1 Å². The molecule has 138 valence electrons. The number of carboxylic acid groups (broad SMARTS) is 1. The van der Waals surface area contributed by atoms with Crippen LogP contribution in [0.1, 0.15) is 12.5 Å². The highest BCUT2D eigenvalue weighted by atomic mass is 32.2. The first-order valence-electron chi connectivity index (χ1n) is 7.56. The smallest absolute Gasteiger partial charge is 0.323 e. The molecule has 0 bridgehead atoms. The fourth-order valence-electron chi connectivity index (χ4n) is 1.83. The summed E-state index contributed by atoms with van der Waals surface area (Å²) in [6.07, 6.45) is 4.43. The Labute approximate surface area is 162 Å². The van der Waals surface area contributed by atoms with E-state index in [1.54, 1.807) is 20.2 Å². The van der Waals surface area contributed by atoms with E-state index in [9.17, 15) is 14.4 Å². The molecule has 2 amide bonds. The third-order valence-corrected chi connectivity index (χ3v) is 4.31. The Bertz CT molecular complexity index is 743. The topological polar surface area (TPSA) is 77.9 Å². The van der Waals surface area contributed by atoms with Crippen molar-refractivity contribution in [1.29, 1.82) is 0 Å². The Morgan fingerprint density at radius 1 is 1.31 bits per heavy atom. The zero-order chi connectivity index (χ0) is 19.7. The molecule has 1 aromatic carbocycles. The summed E-state index contributed by atoms with van der Waals surface area (Å²) in [6.45, 7) is 1.49. The van der Waals surface area contributed by atoms with Gasteiger partial charge in [0.25, 0.3) is 5.91 Å². The first-order chi connectivity index (χ1) is 12.2. The molecule has 0 aliphatic carbocycles. The second-order valence-electron chi connectivity index (χ2n) is 5.53. The summed E-state index contributed by atoms with van der Waals surface area (Å²) in [5.74, 6) is -1.43. The Balaban J connectivity index is 0.000000597. The van der Waals surface area contributed by atoms with Gasteiger partial charge < -0.3 is 10.0 Å². The van der Waals surface area contributed by atoms with Crippen LogP contribution < -0.4 is 0 Å². The van der Waals surface area contributed by atoms with Crippen molar-refractivity contribution in [2.24, 2.45) is 0 Å². The molecule has 0 spiro atoms. The van der Waals surface area contributed by atoms with E-state index in [0.29, 0.717) is 4.91 Å². The molecule has 8 heteroatoms. The summed E-state index contributed by atoms with van der Waals surface area (Å²) < 4.78 is 0.279. The number of rotatable bonds is 5. The molecular weight excluding hydrogens is 372 g/mol. The molecule has 1 N–H and O–H groups in total. The average molecular weight is 393 g/mol. The molecule has 1 aromatic rings. The number of amides is 2. The van der Waals surface area contributed by atoms with Crippen LogP contribution in [-0.2, 0) is 14.4 Å². The Morgan fingerprint density at radius 2 is 1.88 bits per heavy atom. The molecule has 1 aliphatic rings. The molecule has 0 unspecified atom stereocenters. The number of carbonyl (C=O) groups excluding carboxylic acids is 2. The zero-order valence-electron chi connectivity index (χ0n) is 14.7. The van der Waals surface area contributed by atoms with Gasteiger partial charge in [-0.15, -0.1) is 0 Å². The number of aliphatic carboxylic acids is 1. The van der Waals surface area contributed by atoms with E-state index in [1.807, 2.05) is 43.3 Å². The van der Waals surface area contributed by atoms with Crippen LogP contribution in [0.5, 0.6) is 0 Å². The van der Waals surface area contributed by atoms with Crippen LogP contribution in [0.2, 0.25) is 0 Å². The summed E-state index contributed by atoms with van der Waals surface area (Å²) in [7, 11) is 3.38. The lowest BCUT2D eigenvalue weighted by Gasteiger charge is -2.10. The molecule has 1 aliphatic heterocycles. The van der Waals surface area contributed by atoms with Gasteiger partial charge in [0.15, 0.2) is 0 Å². The number of hydrogen-bond donors (Lipinski definition) is 1. The molecule has 1 saturated heterocycles. The van der Waals surface area contributed by atoms with E-state index >= 15 is 0 Å². The van der Waals surface area contributed by atoms with E-state index in [-0.39, 0.29) is 10.2 Å². The lowest BCUT2D eigenvalue weighted by atomic mass is 10.1. The number of nitrogens with zero attached hydrogens (tertiary/aromatic N) is 2. The standard InChI is InChI=1S/C15H13NO3S2.C3H7NO/c1-10(7-11-5-3-2-4-6-11)8-12-14(19)16(9-13(17)18)15(20)21-12;1-4(2)3-5/h2-8H,9H2,1H3,(H,17,18);3H,1-2H3/b10-7+,12-8-;. The predicted molar refractivity (Wildman–Crippen MR) is 107 cm³/mol. The Morgan fingerprint density at radius 3 is 2.38 bits per heavy atom. The van der Waals surface area contributed by atoms with Crippen LogP contribution in [0.15, 0.2) is 46.9 Å². The van der Waals surface area contributed by atoms with Gasteiger partial charge in [0.1, 0.15) is 10.9 Å². The minimum Gasteiger partial charge on any atom is -0.480 e. The van der Waals surface area contributed by atoms with Crippen LogP contribution in [0, 0.1) is 0 Å². The van der Waals surface area contributed by atoms with Crippen molar-refractivity contribution < 1.29 is 19.5 Å². The molecule has 0 aromatic heterocycles. The molecule has 0 atom stereocenters. The average Bonchev–Trinajstić information content (AvgIpc) is 2.83. The predicted octanol–water partition coefficient (Wildman–Crippen LogP) is 2.62. The molecular formula is C18H20N2O4S2. The monoisotopic (exact) mass is 392 g/mol. The second-order valence-corrected chi connectivity index (χ2v) is 7.21. The van der Waals surface area contributed by atoms with E-state index in [2.05, 4.69) is 0 Å². The van der Waals surface area contributed by atoms with Crippen molar-refractivity contribution in [3.05, 3.63) is 52.4 Å². The van der Waals surface area contributed by atoms with Gasteiger partial charge in [-0.3, -0.25) is 19.3 Å². The number of allylic oxidation sites excluding steroid dienone is 2. The van der Waals surface area contributed by atoms with Gasteiger partial charge in [-0.25, -0.2) is 0 Å². The summed E-state index contributed by atoms with van der Waals surface area (Å²) >= 11 is 6.17. The largest absolute Gasteiger partial charge is 0.480 e. The maximum absolute atomic E-state index is 12.1. The molecule has 0 saturated carbocycles. The third kappa shape index (κ3) is 7.20. The van der Waals surface area contributed by atoms with Crippen molar-refractivity contribution in [2.45, 2.75) is 6.92 Å². The summed E-state index contributed by atoms with van der Waals surface area (Å²) in [4.78, 5) is 35.2. The van der Waals surface area contributed by atoms with Crippen molar-refractivity contribution in [3.63, 3.8) is 0 Å². The van der Waals surface area contributed by atoms with Crippen LogP contribution >= 0.6 is 24.0 Å². The van der Waals surface area contributed by atoms with Crippen molar-refractivity contribution >= 4 is 52.7 Å². The normalized spacial score (nSPS) is 15.6. The quantitative estimate of drug-likeness (QED) is 0.472. The van der Waals surface area contributed by atoms with E-state index in [0.717, 1.165) is 34.2 Å². The maximum atomic E-state index is 12.1. The highest BCUT2D eigenvalue weighted by Crippen LogP contribution is 2.31. The first-order valence-corrected chi connectivity index (χ1v) is 8.79. The molecule has 1 heterocycles. The zero-order valence-corrected chi connectivity index (χ0v) is 16.3. The molecule has 2 rings (SSSR count). The van der Waals surface area contributed by atoms with Gasteiger partial charge in [-0.2, -0.15) is 0 Å². The molecule has 1 fully saturated rings.